The predicted molar refractivity (Wildman–Crippen MR) is 79.0 cm³/mol. The average Bonchev–Trinajstić information content (AvgIpc) is 2.85. The number of nitrogens with zero attached hydrogens (tertiary/aromatic N) is 2. The topological polar surface area (TPSA) is 63.1 Å². The van der Waals surface area contributed by atoms with Gasteiger partial charge in [-0.25, -0.2) is 0 Å². The van der Waals surface area contributed by atoms with Gasteiger partial charge in [0.1, 0.15) is 0 Å². The molecule has 0 saturated carbocycles. The zero-order valence-electron chi connectivity index (χ0n) is 10.2. The minimum atomic E-state index is -0.807. The number of hydrogen-bond donors (Lipinski definition) is 1. The van der Waals surface area contributed by atoms with Gasteiger partial charge < -0.3 is 5.11 Å². The third-order valence-electron chi connectivity index (χ3n) is 2.37. The molecule has 0 spiro atoms. The number of aromatic nitrogens is 2. The quantitative estimate of drug-likeness (QED) is 0.827. The summed E-state index contributed by atoms with van der Waals surface area (Å²) in [5.41, 5.74) is 1.90. The van der Waals surface area contributed by atoms with Crippen LogP contribution >= 0.6 is 34.9 Å². The lowest BCUT2D eigenvalue weighted by Crippen LogP contribution is -2.02. The van der Waals surface area contributed by atoms with Crippen molar-refractivity contribution < 1.29 is 9.90 Å². The largest absolute Gasteiger partial charge is 0.481 e. The molecule has 0 aliphatic carbocycles. The highest BCUT2D eigenvalue weighted by atomic mass is 32.2. The maximum absolute atomic E-state index is 10.8. The molecule has 0 unspecified atom stereocenters. The van der Waals surface area contributed by atoms with Crippen molar-refractivity contribution >= 4 is 40.8 Å². The zero-order valence-corrected chi connectivity index (χ0v) is 12.6. The molecule has 0 atom stereocenters. The van der Waals surface area contributed by atoms with Crippen LogP contribution in [0.25, 0.3) is 0 Å². The predicted octanol–water partition coefficient (Wildman–Crippen LogP) is 3.18. The van der Waals surface area contributed by atoms with Crippen molar-refractivity contribution in [3.05, 3.63) is 35.4 Å². The Morgan fingerprint density at radius 3 is 2.58 bits per heavy atom. The Morgan fingerprint density at radius 2 is 1.95 bits per heavy atom. The zero-order chi connectivity index (χ0) is 13.7. The molecule has 1 N–H and O–H groups in total. The number of hydrogen-bond acceptors (Lipinski definition) is 6. The Hall–Kier alpha value is -1.05. The van der Waals surface area contributed by atoms with E-state index < -0.39 is 5.97 Å². The Bertz CT molecular complexity index is 572. The van der Waals surface area contributed by atoms with Crippen molar-refractivity contribution in [1.29, 1.82) is 0 Å². The number of carbonyl (C=O) groups is 1. The van der Waals surface area contributed by atoms with Gasteiger partial charge in [0.25, 0.3) is 0 Å². The van der Waals surface area contributed by atoms with Gasteiger partial charge in [-0.3, -0.25) is 4.79 Å². The first-order chi connectivity index (χ1) is 9.19. The molecule has 4 nitrogen and oxygen atoms in total. The molecule has 0 bridgehead atoms. The highest BCUT2D eigenvalue weighted by molar-refractivity contribution is 8.02. The summed E-state index contributed by atoms with van der Waals surface area (Å²) in [6.45, 7) is 0. The molecular weight excluding hydrogens is 300 g/mol. The fourth-order valence-corrected chi connectivity index (χ4v) is 3.98. The van der Waals surface area contributed by atoms with Crippen molar-refractivity contribution in [3.8, 4) is 0 Å². The number of thioether (sulfide) groups is 2. The van der Waals surface area contributed by atoms with Crippen molar-refractivity contribution in [1.82, 2.24) is 10.2 Å². The Kier molecular flexibility index (Phi) is 5.24. The van der Waals surface area contributed by atoms with Crippen molar-refractivity contribution in [2.24, 2.45) is 0 Å². The molecule has 0 radical (unpaired) electrons. The van der Waals surface area contributed by atoms with E-state index in [0.29, 0.717) is 5.75 Å². The molecule has 1 aromatic carbocycles. The van der Waals surface area contributed by atoms with Crippen LogP contribution in [-0.2, 0) is 17.0 Å². The fraction of sp³-hybridized carbons (Fsp3) is 0.250. The Labute approximate surface area is 123 Å². The third kappa shape index (κ3) is 4.22. The first kappa shape index (κ1) is 14.4. The lowest BCUT2D eigenvalue weighted by molar-refractivity contribution is -0.136. The maximum atomic E-state index is 10.8. The lowest BCUT2D eigenvalue weighted by atomic mass is 10.1. The molecule has 2 aromatic rings. The van der Waals surface area contributed by atoms with Gasteiger partial charge in [-0.1, -0.05) is 59.1 Å². The minimum Gasteiger partial charge on any atom is -0.481 e. The van der Waals surface area contributed by atoms with E-state index in [1.54, 1.807) is 34.9 Å². The number of carboxylic acid groups (broad SMARTS) is 1. The molecule has 0 fully saturated rings. The number of rotatable bonds is 6. The summed E-state index contributed by atoms with van der Waals surface area (Å²) >= 11 is 4.73. The van der Waals surface area contributed by atoms with Gasteiger partial charge in [0.15, 0.2) is 8.68 Å². The fourth-order valence-electron chi connectivity index (χ4n) is 1.51. The van der Waals surface area contributed by atoms with Crippen LogP contribution in [0.2, 0.25) is 0 Å². The van der Waals surface area contributed by atoms with E-state index in [0.717, 1.165) is 19.8 Å². The molecule has 1 aromatic heterocycles. The van der Waals surface area contributed by atoms with Crippen LogP contribution < -0.4 is 0 Å². The first-order valence-electron chi connectivity index (χ1n) is 5.48. The highest BCUT2D eigenvalue weighted by Crippen LogP contribution is 2.30. The molecule has 100 valence electrons. The minimum absolute atomic E-state index is 0.0584. The van der Waals surface area contributed by atoms with Gasteiger partial charge >= 0.3 is 5.97 Å². The van der Waals surface area contributed by atoms with Crippen LogP contribution in [0.4, 0.5) is 0 Å². The summed E-state index contributed by atoms with van der Waals surface area (Å²) in [6.07, 6.45) is 2.03. The average molecular weight is 312 g/mol. The highest BCUT2D eigenvalue weighted by Gasteiger charge is 2.09. The van der Waals surface area contributed by atoms with Gasteiger partial charge in [-0.05, 0) is 17.4 Å². The summed E-state index contributed by atoms with van der Waals surface area (Å²) in [5, 5.41) is 17.0. The normalized spacial score (nSPS) is 10.6. The molecule has 7 heteroatoms. The van der Waals surface area contributed by atoms with Crippen molar-refractivity contribution in [2.45, 2.75) is 20.9 Å². The van der Waals surface area contributed by atoms with Gasteiger partial charge in [-0.15, -0.1) is 10.2 Å². The summed E-state index contributed by atoms with van der Waals surface area (Å²) < 4.78 is 1.86. The van der Waals surface area contributed by atoms with Gasteiger partial charge in [0.2, 0.25) is 0 Å². The maximum Gasteiger partial charge on any atom is 0.307 e. The number of carboxylic acids is 1. The monoisotopic (exact) mass is 312 g/mol. The summed E-state index contributed by atoms with van der Waals surface area (Å²) in [5.74, 6) is -0.0926. The third-order valence-corrected chi connectivity index (χ3v) is 5.45. The second-order valence-corrected chi connectivity index (χ2v) is 6.92. The number of benzene rings is 1. The summed E-state index contributed by atoms with van der Waals surface area (Å²) in [4.78, 5) is 10.8. The van der Waals surface area contributed by atoms with Gasteiger partial charge in [0.05, 0.1) is 6.42 Å². The second-order valence-electron chi connectivity index (χ2n) is 3.67. The Morgan fingerprint density at radius 1 is 1.26 bits per heavy atom. The van der Waals surface area contributed by atoms with E-state index >= 15 is 0 Å². The van der Waals surface area contributed by atoms with Crippen LogP contribution in [0.1, 0.15) is 11.1 Å². The van der Waals surface area contributed by atoms with E-state index in [1.807, 2.05) is 30.5 Å². The molecular formula is C12H12N2O2S3. The molecule has 0 aliphatic rings. The lowest BCUT2D eigenvalue weighted by Gasteiger charge is -2.05. The van der Waals surface area contributed by atoms with Crippen LogP contribution in [0.5, 0.6) is 0 Å². The standard InChI is InChI=1S/C12H12N2O2S3/c1-17-11-13-14-12(19-11)18-7-9-5-3-2-4-8(9)6-10(15)16/h2-5H,6-7H2,1H3,(H,15,16). The van der Waals surface area contributed by atoms with E-state index in [1.165, 1.54) is 0 Å². The number of aliphatic carboxylic acids is 1. The summed E-state index contributed by atoms with van der Waals surface area (Å²) in [6, 6.07) is 7.61. The van der Waals surface area contributed by atoms with Crippen molar-refractivity contribution in [3.63, 3.8) is 0 Å². The van der Waals surface area contributed by atoms with Crippen LogP contribution in [0, 0.1) is 0 Å². The molecule has 0 saturated heterocycles. The first-order valence-corrected chi connectivity index (χ1v) is 8.50. The van der Waals surface area contributed by atoms with Crippen LogP contribution in [-0.4, -0.2) is 27.5 Å². The molecule has 1 heterocycles. The van der Waals surface area contributed by atoms with E-state index in [-0.39, 0.29) is 6.42 Å². The molecule has 0 aliphatic heterocycles. The van der Waals surface area contributed by atoms with Gasteiger partial charge in [-0.2, -0.15) is 0 Å². The smallest absolute Gasteiger partial charge is 0.307 e. The van der Waals surface area contributed by atoms with Gasteiger partial charge in [0, 0.05) is 5.75 Å². The van der Waals surface area contributed by atoms with Crippen molar-refractivity contribution in [2.75, 3.05) is 6.26 Å². The SMILES string of the molecule is CSc1nnc(SCc2ccccc2CC(=O)O)s1. The van der Waals surface area contributed by atoms with Crippen LogP contribution in [0.15, 0.2) is 32.9 Å². The molecule has 0 amide bonds. The van der Waals surface area contributed by atoms with E-state index in [4.69, 9.17) is 5.11 Å². The second kappa shape index (κ2) is 6.93. The van der Waals surface area contributed by atoms with E-state index in [9.17, 15) is 4.79 Å². The summed E-state index contributed by atoms with van der Waals surface area (Å²) in [7, 11) is 0. The van der Waals surface area contributed by atoms with Crippen LogP contribution in [0.3, 0.4) is 0 Å². The Balaban J connectivity index is 2.04. The molecule has 2 rings (SSSR count). The molecule has 19 heavy (non-hydrogen) atoms. The van der Waals surface area contributed by atoms with E-state index in [2.05, 4.69) is 10.2 Å².